The minimum Gasteiger partial charge on any atom is -0.355 e. The molecule has 0 heterocycles. The van der Waals surface area contributed by atoms with E-state index in [1.165, 1.54) is 0 Å². The van der Waals surface area contributed by atoms with Crippen molar-refractivity contribution < 1.29 is 14.7 Å². The summed E-state index contributed by atoms with van der Waals surface area (Å²) >= 11 is 0. The highest BCUT2D eigenvalue weighted by atomic mass is 16.9. The van der Waals surface area contributed by atoms with E-state index in [1.807, 2.05) is 13.8 Å². The molecule has 16 heavy (non-hydrogen) atoms. The zero-order valence-electron chi connectivity index (χ0n) is 9.69. The molecule has 0 aliphatic rings. The van der Waals surface area contributed by atoms with Gasteiger partial charge in [-0.25, -0.2) is 0 Å². The zero-order valence-corrected chi connectivity index (χ0v) is 9.69. The van der Waals surface area contributed by atoms with Crippen molar-refractivity contribution in [1.29, 1.82) is 0 Å². The van der Waals surface area contributed by atoms with E-state index in [9.17, 15) is 14.9 Å². The van der Waals surface area contributed by atoms with E-state index in [0.29, 0.717) is 25.9 Å². The van der Waals surface area contributed by atoms with Crippen molar-refractivity contribution in [1.82, 2.24) is 5.32 Å². The Hall–Kier alpha value is -1.37. The molecule has 1 amide bonds. The van der Waals surface area contributed by atoms with Crippen molar-refractivity contribution in [2.45, 2.75) is 26.7 Å². The van der Waals surface area contributed by atoms with E-state index >= 15 is 0 Å². The highest BCUT2D eigenvalue weighted by Gasteiger charge is 2.22. The fraction of sp³-hybridized carbons (Fsp3) is 0.889. The Labute approximate surface area is 94.4 Å². The second kappa shape index (κ2) is 7.00. The molecule has 0 unspecified atom stereocenters. The Morgan fingerprint density at radius 2 is 2.19 bits per heavy atom. The lowest BCUT2D eigenvalue weighted by Gasteiger charge is -2.23. The number of nitrogens with two attached hydrogens (primary N) is 1. The van der Waals surface area contributed by atoms with E-state index < -0.39 is 5.09 Å². The third-order valence-corrected chi connectivity index (χ3v) is 2.08. The molecule has 7 nitrogen and oxygen atoms in total. The van der Waals surface area contributed by atoms with Gasteiger partial charge in [-0.15, -0.1) is 10.1 Å². The van der Waals surface area contributed by atoms with E-state index in [1.54, 1.807) is 0 Å². The maximum Gasteiger partial charge on any atom is 0.294 e. The largest absolute Gasteiger partial charge is 0.355 e. The van der Waals surface area contributed by atoms with Gasteiger partial charge in [-0.3, -0.25) is 4.79 Å². The van der Waals surface area contributed by atoms with Crippen LogP contribution in [0.3, 0.4) is 0 Å². The van der Waals surface area contributed by atoms with Gasteiger partial charge in [0.2, 0.25) is 5.91 Å². The summed E-state index contributed by atoms with van der Waals surface area (Å²) in [7, 11) is 0. The summed E-state index contributed by atoms with van der Waals surface area (Å²) in [5, 5.41) is 11.8. The number of hydrogen-bond donors (Lipinski definition) is 2. The lowest BCUT2D eigenvalue weighted by Crippen LogP contribution is -2.33. The molecule has 0 aromatic rings. The van der Waals surface area contributed by atoms with Crippen molar-refractivity contribution >= 4 is 5.91 Å². The van der Waals surface area contributed by atoms with Crippen LogP contribution in [0.2, 0.25) is 0 Å². The van der Waals surface area contributed by atoms with Crippen molar-refractivity contribution in [2.75, 3.05) is 19.7 Å². The normalized spacial score (nSPS) is 10.9. The van der Waals surface area contributed by atoms with Gasteiger partial charge in [0, 0.05) is 19.5 Å². The Bertz CT molecular complexity index is 243. The van der Waals surface area contributed by atoms with Gasteiger partial charge in [-0.05, 0) is 11.8 Å². The lowest BCUT2D eigenvalue weighted by atomic mass is 9.86. The number of carbonyl (C=O) groups is 1. The average molecular weight is 233 g/mol. The maximum absolute atomic E-state index is 11.4. The molecule has 7 heteroatoms. The van der Waals surface area contributed by atoms with Crippen molar-refractivity contribution in [3.63, 3.8) is 0 Å². The zero-order chi connectivity index (χ0) is 12.6. The summed E-state index contributed by atoms with van der Waals surface area (Å²) in [6.07, 6.45) is 0.748. The van der Waals surface area contributed by atoms with Gasteiger partial charge >= 0.3 is 0 Å². The molecule has 0 bridgehead atoms. The fourth-order valence-corrected chi connectivity index (χ4v) is 1.19. The molecule has 0 rings (SSSR count). The highest BCUT2D eigenvalue weighted by Crippen LogP contribution is 2.24. The number of hydrogen-bond acceptors (Lipinski definition) is 5. The number of amides is 1. The Kier molecular flexibility index (Phi) is 6.40. The number of nitrogens with zero attached hydrogens (tertiary/aromatic N) is 1. The Morgan fingerprint density at radius 3 is 2.69 bits per heavy atom. The van der Waals surface area contributed by atoms with Crippen molar-refractivity contribution in [2.24, 2.45) is 11.1 Å². The first kappa shape index (κ1) is 14.6. The molecule has 0 aliphatic carbocycles. The van der Waals surface area contributed by atoms with Gasteiger partial charge < -0.3 is 15.9 Å². The van der Waals surface area contributed by atoms with Gasteiger partial charge in [0.05, 0.1) is 6.61 Å². The average Bonchev–Trinajstić information content (AvgIpc) is 2.12. The smallest absolute Gasteiger partial charge is 0.294 e. The van der Waals surface area contributed by atoms with Crippen LogP contribution in [0.5, 0.6) is 0 Å². The van der Waals surface area contributed by atoms with E-state index in [-0.39, 0.29) is 17.9 Å². The standard InChI is InChI=1S/C9H19N3O4/c1-9(2,3-6-16-12(14)15)7-8(13)11-5-4-10/h3-7,10H2,1-2H3,(H,11,13). The van der Waals surface area contributed by atoms with Gasteiger partial charge in [-0.2, -0.15) is 0 Å². The molecule has 0 spiro atoms. The maximum atomic E-state index is 11.4. The van der Waals surface area contributed by atoms with Crippen LogP contribution in [-0.4, -0.2) is 30.7 Å². The molecule has 0 saturated heterocycles. The predicted molar refractivity (Wildman–Crippen MR) is 58.0 cm³/mol. The van der Waals surface area contributed by atoms with Gasteiger partial charge in [-0.1, -0.05) is 13.8 Å². The van der Waals surface area contributed by atoms with Crippen LogP contribution in [0.15, 0.2) is 0 Å². The number of nitrogens with one attached hydrogen (secondary N) is 1. The molecule has 0 saturated carbocycles. The molecule has 0 fully saturated rings. The molecular weight excluding hydrogens is 214 g/mol. The fourth-order valence-electron chi connectivity index (χ4n) is 1.19. The van der Waals surface area contributed by atoms with Crippen LogP contribution in [-0.2, 0) is 9.63 Å². The van der Waals surface area contributed by atoms with Crippen LogP contribution in [0, 0.1) is 15.5 Å². The molecule has 0 aromatic carbocycles. The molecule has 0 aliphatic heterocycles. The summed E-state index contributed by atoms with van der Waals surface area (Å²) in [6, 6.07) is 0. The summed E-state index contributed by atoms with van der Waals surface area (Å²) in [5.41, 5.74) is 4.92. The van der Waals surface area contributed by atoms with Crippen LogP contribution in [0.25, 0.3) is 0 Å². The van der Waals surface area contributed by atoms with E-state index in [2.05, 4.69) is 10.2 Å². The van der Waals surface area contributed by atoms with Gasteiger partial charge in [0.25, 0.3) is 5.09 Å². The van der Waals surface area contributed by atoms with Crippen LogP contribution in [0.4, 0.5) is 0 Å². The van der Waals surface area contributed by atoms with Gasteiger partial charge in [0.1, 0.15) is 0 Å². The summed E-state index contributed by atoms with van der Waals surface area (Å²) in [5.74, 6) is -0.100. The first-order chi connectivity index (χ1) is 7.37. The van der Waals surface area contributed by atoms with Crippen molar-refractivity contribution in [3.8, 4) is 0 Å². The van der Waals surface area contributed by atoms with E-state index in [4.69, 9.17) is 5.73 Å². The number of carbonyl (C=O) groups excluding carboxylic acids is 1. The second-order valence-corrected chi connectivity index (χ2v) is 4.29. The third-order valence-electron chi connectivity index (χ3n) is 2.08. The van der Waals surface area contributed by atoms with Crippen LogP contribution in [0.1, 0.15) is 26.7 Å². The molecule has 3 N–H and O–H groups in total. The Balaban J connectivity index is 3.84. The summed E-state index contributed by atoms with van der Waals surface area (Å²) in [6.45, 7) is 4.57. The van der Waals surface area contributed by atoms with E-state index in [0.717, 1.165) is 0 Å². The molecule has 0 aromatic heterocycles. The van der Waals surface area contributed by atoms with Gasteiger partial charge in [0.15, 0.2) is 0 Å². The first-order valence-electron chi connectivity index (χ1n) is 5.11. The second-order valence-electron chi connectivity index (χ2n) is 4.29. The summed E-state index contributed by atoms with van der Waals surface area (Å²) in [4.78, 5) is 25.5. The topological polar surface area (TPSA) is 107 Å². The minimum absolute atomic E-state index is 0.00414. The lowest BCUT2D eigenvalue weighted by molar-refractivity contribution is -0.758. The van der Waals surface area contributed by atoms with Crippen LogP contribution < -0.4 is 11.1 Å². The highest BCUT2D eigenvalue weighted by molar-refractivity contribution is 5.76. The number of rotatable bonds is 8. The first-order valence-corrected chi connectivity index (χ1v) is 5.11. The third kappa shape index (κ3) is 7.98. The molecule has 0 radical (unpaired) electrons. The molecular formula is C9H19N3O4. The molecule has 94 valence electrons. The minimum atomic E-state index is -0.829. The summed E-state index contributed by atoms with van der Waals surface area (Å²) < 4.78 is 0. The predicted octanol–water partition coefficient (Wildman–Crippen LogP) is 0.0760. The Morgan fingerprint density at radius 1 is 1.56 bits per heavy atom. The van der Waals surface area contributed by atoms with Crippen LogP contribution >= 0.6 is 0 Å². The monoisotopic (exact) mass is 233 g/mol. The quantitative estimate of drug-likeness (QED) is 0.456. The SMILES string of the molecule is CC(C)(CCO[N+](=O)[O-])CC(=O)NCCN. The molecule has 0 atom stereocenters. The van der Waals surface area contributed by atoms with Crippen molar-refractivity contribution in [3.05, 3.63) is 10.1 Å².